The van der Waals surface area contributed by atoms with Gasteiger partial charge in [0.15, 0.2) is 14.6 Å². The molecule has 1 heterocycles. The average Bonchev–Trinajstić information content (AvgIpc) is 3.02. The van der Waals surface area contributed by atoms with Gasteiger partial charge in [0.25, 0.3) is 0 Å². The Balaban J connectivity index is 1.77. The number of benzene rings is 2. The molecule has 1 aromatic heterocycles. The van der Waals surface area contributed by atoms with Gasteiger partial charge in [0.05, 0.1) is 27.5 Å². The van der Waals surface area contributed by atoms with Crippen LogP contribution in [-0.4, -0.2) is 38.4 Å². The van der Waals surface area contributed by atoms with Crippen LogP contribution in [0.15, 0.2) is 46.3 Å². The minimum atomic E-state index is -3.41. The number of aromatic nitrogens is 1. The molecule has 0 atom stereocenters. The van der Waals surface area contributed by atoms with E-state index in [-0.39, 0.29) is 29.4 Å². The minimum absolute atomic E-state index is 0.0776. The molecule has 0 N–H and O–H groups in total. The first kappa shape index (κ1) is 23.4. The lowest BCUT2D eigenvalue weighted by atomic mass is 10.1. The van der Waals surface area contributed by atoms with E-state index in [0.29, 0.717) is 18.0 Å². The summed E-state index contributed by atoms with van der Waals surface area (Å²) < 4.78 is 33.2. The summed E-state index contributed by atoms with van der Waals surface area (Å²) in [6.45, 7) is 7.13. The minimum Gasteiger partial charge on any atom is -0.383 e. The number of sulfone groups is 1. The van der Waals surface area contributed by atoms with E-state index in [9.17, 15) is 13.2 Å². The fourth-order valence-electron chi connectivity index (χ4n) is 3.24. The summed E-state index contributed by atoms with van der Waals surface area (Å²) in [7, 11) is -1.77. The number of hydrogen-bond donors (Lipinski definition) is 0. The summed E-state index contributed by atoms with van der Waals surface area (Å²) in [6.07, 6.45) is 0.321. The Kier molecular flexibility index (Phi) is 7.46. The highest BCUT2D eigenvalue weighted by Gasteiger charge is 2.15. The molecule has 0 bridgehead atoms. The van der Waals surface area contributed by atoms with Crippen LogP contribution in [0.1, 0.15) is 29.5 Å². The number of carbonyl (C=O) groups excluding carboxylic acids is 1. The van der Waals surface area contributed by atoms with Crippen molar-refractivity contribution in [3.63, 3.8) is 0 Å². The van der Waals surface area contributed by atoms with Gasteiger partial charge in [0.2, 0.25) is 5.91 Å². The molecule has 166 valence electrons. The number of thiazole rings is 1. The maximum absolute atomic E-state index is 12.5. The lowest BCUT2D eigenvalue weighted by molar-refractivity contribution is -0.118. The molecule has 0 radical (unpaired) electrons. The average molecular weight is 461 g/mol. The molecule has 1 amide bonds. The summed E-state index contributed by atoms with van der Waals surface area (Å²) in [6, 6.07) is 11.0. The molecular weight excluding hydrogens is 432 g/mol. The van der Waals surface area contributed by atoms with Crippen molar-refractivity contribution in [3.8, 4) is 0 Å². The monoisotopic (exact) mass is 460 g/mol. The fourth-order valence-corrected chi connectivity index (χ4v) is 5.71. The molecule has 0 aliphatic heterocycles. The van der Waals surface area contributed by atoms with E-state index in [1.807, 2.05) is 11.5 Å². The second kappa shape index (κ2) is 9.89. The molecule has 0 saturated heterocycles. The molecule has 2 aromatic carbocycles. The molecule has 3 rings (SSSR count). The Morgan fingerprint density at radius 2 is 1.77 bits per heavy atom. The van der Waals surface area contributed by atoms with Gasteiger partial charge in [-0.1, -0.05) is 29.0 Å². The van der Waals surface area contributed by atoms with Crippen molar-refractivity contribution in [1.29, 1.82) is 0 Å². The standard InChI is InChI=1S/C23H28N2O4S2/c1-16-7-9-19(10-8-16)31(27,28)13-5-6-22(26)24-23-25(11-12-29-4)20-14-17(2)18(3)15-21(20)30-23/h7-10,14-15H,5-6,11-13H2,1-4H3. The Bertz CT molecular complexity index is 1250. The van der Waals surface area contributed by atoms with Gasteiger partial charge in [-0.2, -0.15) is 4.99 Å². The zero-order valence-electron chi connectivity index (χ0n) is 18.3. The van der Waals surface area contributed by atoms with Crippen molar-refractivity contribution in [2.24, 2.45) is 4.99 Å². The van der Waals surface area contributed by atoms with E-state index in [4.69, 9.17) is 4.74 Å². The Labute approximate surface area is 187 Å². The number of amides is 1. The van der Waals surface area contributed by atoms with Crippen LogP contribution in [0.4, 0.5) is 0 Å². The largest absolute Gasteiger partial charge is 0.383 e. The van der Waals surface area contributed by atoms with Crippen LogP contribution in [0.2, 0.25) is 0 Å². The predicted octanol–water partition coefficient (Wildman–Crippen LogP) is 3.96. The molecule has 8 heteroatoms. The number of ether oxygens (including phenoxy) is 1. The Hall–Kier alpha value is -2.29. The Morgan fingerprint density at radius 1 is 1.10 bits per heavy atom. The SMILES string of the molecule is COCCn1c(=NC(=O)CCCS(=O)(=O)c2ccc(C)cc2)sc2cc(C)c(C)cc21. The van der Waals surface area contributed by atoms with Gasteiger partial charge in [-0.3, -0.25) is 4.79 Å². The van der Waals surface area contributed by atoms with E-state index in [2.05, 4.69) is 31.0 Å². The number of fused-ring (bicyclic) bond motifs is 1. The van der Waals surface area contributed by atoms with E-state index < -0.39 is 9.84 Å². The highest BCUT2D eigenvalue weighted by Crippen LogP contribution is 2.22. The second-order valence-corrected chi connectivity index (χ2v) is 10.8. The topological polar surface area (TPSA) is 77.7 Å². The van der Waals surface area contributed by atoms with Gasteiger partial charge in [0, 0.05) is 20.1 Å². The van der Waals surface area contributed by atoms with E-state index in [1.54, 1.807) is 31.4 Å². The summed E-state index contributed by atoms with van der Waals surface area (Å²) >= 11 is 1.46. The number of rotatable bonds is 8. The second-order valence-electron chi connectivity index (χ2n) is 7.67. The van der Waals surface area contributed by atoms with Gasteiger partial charge in [0.1, 0.15) is 0 Å². The van der Waals surface area contributed by atoms with Crippen LogP contribution in [0.3, 0.4) is 0 Å². The number of aryl methyl sites for hydroxylation is 3. The predicted molar refractivity (Wildman–Crippen MR) is 124 cm³/mol. The van der Waals surface area contributed by atoms with Crippen molar-refractivity contribution in [2.45, 2.75) is 45.1 Å². The molecule has 0 spiro atoms. The normalized spacial score (nSPS) is 12.6. The van der Waals surface area contributed by atoms with Crippen molar-refractivity contribution in [1.82, 2.24) is 4.57 Å². The van der Waals surface area contributed by atoms with Crippen molar-refractivity contribution in [2.75, 3.05) is 19.5 Å². The third kappa shape index (κ3) is 5.70. The first-order valence-electron chi connectivity index (χ1n) is 10.2. The van der Waals surface area contributed by atoms with E-state index >= 15 is 0 Å². The third-order valence-electron chi connectivity index (χ3n) is 5.22. The molecule has 6 nitrogen and oxygen atoms in total. The maximum Gasteiger partial charge on any atom is 0.248 e. The molecule has 0 unspecified atom stereocenters. The zero-order valence-corrected chi connectivity index (χ0v) is 20.0. The summed E-state index contributed by atoms with van der Waals surface area (Å²) in [5.74, 6) is -0.392. The van der Waals surface area contributed by atoms with Gasteiger partial charge >= 0.3 is 0 Å². The molecule has 0 aliphatic rings. The summed E-state index contributed by atoms with van der Waals surface area (Å²) in [5.41, 5.74) is 4.39. The quantitative estimate of drug-likeness (QED) is 0.510. The van der Waals surface area contributed by atoms with Gasteiger partial charge in [-0.05, 0) is 62.6 Å². The van der Waals surface area contributed by atoms with E-state index in [0.717, 1.165) is 15.8 Å². The van der Waals surface area contributed by atoms with E-state index in [1.165, 1.54) is 22.5 Å². The van der Waals surface area contributed by atoms with Crippen LogP contribution in [0, 0.1) is 20.8 Å². The summed E-state index contributed by atoms with van der Waals surface area (Å²) in [5, 5.41) is 0. The first-order valence-corrected chi connectivity index (χ1v) is 12.6. The molecule has 31 heavy (non-hydrogen) atoms. The molecule has 3 aromatic rings. The van der Waals surface area contributed by atoms with Crippen molar-refractivity contribution in [3.05, 3.63) is 57.9 Å². The van der Waals surface area contributed by atoms with Crippen LogP contribution >= 0.6 is 11.3 Å². The van der Waals surface area contributed by atoms with Crippen LogP contribution in [0.25, 0.3) is 10.2 Å². The number of methoxy groups -OCH3 is 1. The van der Waals surface area contributed by atoms with Gasteiger partial charge in [-0.25, -0.2) is 8.42 Å². The van der Waals surface area contributed by atoms with Crippen LogP contribution in [0.5, 0.6) is 0 Å². The highest BCUT2D eigenvalue weighted by molar-refractivity contribution is 7.91. The highest BCUT2D eigenvalue weighted by atomic mass is 32.2. The van der Waals surface area contributed by atoms with Gasteiger partial charge < -0.3 is 9.30 Å². The number of carbonyl (C=O) groups is 1. The lowest BCUT2D eigenvalue weighted by Gasteiger charge is -2.06. The molecule has 0 fully saturated rings. The smallest absolute Gasteiger partial charge is 0.248 e. The molecular formula is C23H28N2O4S2. The third-order valence-corrected chi connectivity index (χ3v) is 8.08. The fraction of sp³-hybridized carbons (Fsp3) is 0.391. The first-order chi connectivity index (χ1) is 14.7. The summed E-state index contributed by atoms with van der Waals surface area (Å²) in [4.78, 5) is 17.7. The van der Waals surface area contributed by atoms with Gasteiger partial charge in [-0.15, -0.1) is 0 Å². The number of hydrogen-bond acceptors (Lipinski definition) is 5. The zero-order chi connectivity index (χ0) is 22.6. The molecule has 0 saturated carbocycles. The number of nitrogens with zero attached hydrogens (tertiary/aromatic N) is 2. The van der Waals surface area contributed by atoms with Crippen molar-refractivity contribution >= 4 is 37.3 Å². The maximum atomic E-state index is 12.5. The lowest BCUT2D eigenvalue weighted by Crippen LogP contribution is -2.19. The van der Waals surface area contributed by atoms with Crippen LogP contribution in [-0.2, 0) is 25.9 Å². The Morgan fingerprint density at radius 3 is 2.45 bits per heavy atom. The molecule has 0 aliphatic carbocycles. The van der Waals surface area contributed by atoms with Crippen molar-refractivity contribution < 1.29 is 17.9 Å². The van der Waals surface area contributed by atoms with Crippen LogP contribution < -0.4 is 4.80 Å².